The van der Waals surface area contributed by atoms with E-state index in [9.17, 15) is 22.4 Å². The highest BCUT2D eigenvalue weighted by Gasteiger charge is 2.49. The average molecular weight is 416 g/mol. The zero-order valence-electron chi connectivity index (χ0n) is 16.3. The molecule has 1 saturated heterocycles. The predicted molar refractivity (Wildman–Crippen MR) is 102 cm³/mol. The van der Waals surface area contributed by atoms with Gasteiger partial charge in [0.15, 0.2) is 0 Å². The number of piperazine rings is 1. The van der Waals surface area contributed by atoms with Crippen molar-refractivity contribution in [2.75, 3.05) is 6.54 Å². The largest absolute Gasteiger partial charge is 0.343 e. The molecular weight excluding hydrogens is 385 g/mol. The third-order valence-corrected chi connectivity index (χ3v) is 9.08. The van der Waals surface area contributed by atoms with Crippen molar-refractivity contribution >= 4 is 21.8 Å². The summed E-state index contributed by atoms with van der Waals surface area (Å²) < 4.78 is 41.7. The second-order valence-corrected chi connectivity index (χ2v) is 11.3. The Morgan fingerprint density at radius 2 is 1.82 bits per heavy atom. The summed E-state index contributed by atoms with van der Waals surface area (Å²) in [6.45, 7) is 2.37. The maximum atomic E-state index is 13.4. The molecule has 4 rings (SSSR count). The molecule has 7 nitrogen and oxygen atoms in total. The number of rotatable bonds is 5. The van der Waals surface area contributed by atoms with Crippen LogP contribution in [-0.4, -0.2) is 60.7 Å². The third-order valence-electron chi connectivity index (χ3n) is 7.00. The van der Waals surface area contributed by atoms with E-state index < -0.39 is 33.3 Å². The number of carbonyl (C=O) groups excluding carboxylic acids is 2. The van der Waals surface area contributed by atoms with Gasteiger partial charge in [0.1, 0.15) is 6.17 Å². The number of carbonyl (C=O) groups is 2. The van der Waals surface area contributed by atoms with Crippen LogP contribution in [0.1, 0.15) is 64.7 Å². The van der Waals surface area contributed by atoms with E-state index in [1.165, 1.54) is 0 Å². The molecule has 2 N–H and O–H groups in total. The van der Waals surface area contributed by atoms with Gasteiger partial charge in [-0.05, 0) is 70.6 Å². The molecule has 158 valence electrons. The van der Waals surface area contributed by atoms with Gasteiger partial charge in [0.2, 0.25) is 10.0 Å². The fourth-order valence-electron chi connectivity index (χ4n) is 4.95. The molecule has 0 aromatic rings. The summed E-state index contributed by atoms with van der Waals surface area (Å²) in [5.74, 6) is -0.977. The van der Waals surface area contributed by atoms with E-state index in [1.54, 1.807) is 4.90 Å². The van der Waals surface area contributed by atoms with Gasteiger partial charge in [-0.15, -0.1) is 0 Å². The van der Waals surface area contributed by atoms with Crippen LogP contribution in [0.15, 0.2) is 0 Å². The van der Waals surface area contributed by atoms with Crippen LogP contribution in [0.3, 0.4) is 0 Å². The molecule has 0 radical (unpaired) electrons. The minimum atomic E-state index is -3.46. The summed E-state index contributed by atoms with van der Waals surface area (Å²) in [5, 5.41) is 2.19. The molecule has 0 spiro atoms. The zero-order valence-corrected chi connectivity index (χ0v) is 17.1. The van der Waals surface area contributed by atoms with E-state index >= 15 is 0 Å². The number of nitrogens with zero attached hydrogens (tertiary/aromatic N) is 1. The van der Waals surface area contributed by atoms with Crippen LogP contribution in [0.25, 0.3) is 0 Å². The molecule has 1 aliphatic heterocycles. The summed E-state index contributed by atoms with van der Waals surface area (Å²) in [5.41, 5.74) is -0.317. The summed E-state index contributed by atoms with van der Waals surface area (Å²) in [6, 6.07) is -0.513. The minimum absolute atomic E-state index is 0.170. The Morgan fingerprint density at radius 1 is 1.14 bits per heavy atom. The highest BCUT2D eigenvalue weighted by molar-refractivity contribution is 7.90. The molecule has 0 aromatic heterocycles. The van der Waals surface area contributed by atoms with Gasteiger partial charge >= 0.3 is 11.8 Å². The Balaban J connectivity index is 1.44. The lowest BCUT2D eigenvalue weighted by Gasteiger charge is -2.46. The Bertz CT molecular complexity index is 746. The van der Waals surface area contributed by atoms with E-state index in [2.05, 4.69) is 10.0 Å². The molecule has 0 aromatic carbocycles. The fraction of sp³-hybridized carbons (Fsp3) is 0.895. The van der Waals surface area contributed by atoms with Crippen molar-refractivity contribution in [3.63, 3.8) is 0 Å². The average Bonchev–Trinajstić information content (AvgIpc) is 3.36. The normalized spacial score (nSPS) is 37.9. The monoisotopic (exact) mass is 415 g/mol. The molecule has 4 fully saturated rings. The number of sulfonamides is 1. The molecular formula is C19H30FN3O4S. The van der Waals surface area contributed by atoms with E-state index in [1.807, 2.05) is 6.92 Å². The van der Waals surface area contributed by atoms with Crippen LogP contribution in [0.2, 0.25) is 0 Å². The van der Waals surface area contributed by atoms with E-state index in [4.69, 9.17) is 0 Å². The summed E-state index contributed by atoms with van der Waals surface area (Å²) in [6.07, 6.45) is 4.77. The third kappa shape index (κ3) is 4.06. The number of amides is 2. The molecule has 3 unspecified atom stereocenters. The van der Waals surface area contributed by atoms with Crippen molar-refractivity contribution in [3.05, 3.63) is 0 Å². The molecule has 0 bridgehead atoms. The minimum Gasteiger partial charge on any atom is -0.343 e. The lowest BCUT2D eigenvalue weighted by molar-refractivity contribution is -0.154. The van der Waals surface area contributed by atoms with Crippen molar-refractivity contribution in [1.82, 2.24) is 14.9 Å². The molecule has 9 heteroatoms. The van der Waals surface area contributed by atoms with Gasteiger partial charge in [0, 0.05) is 12.1 Å². The Hall–Kier alpha value is -1.22. The van der Waals surface area contributed by atoms with Crippen molar-refractivity contribution in [1.29, 1.82) is 0 Å². The van der Waals surface area contributed by atoms with E-state index in [0.717, 1.165) is 25.7 Å². The number of hydrogen-bond donors (Lipinski definition) is 2. The summed E-state index contributed by atoms with van der Waals surface area (Å²) in [4.78, 5) is 26.4. The van der Waals surface area contributed by atoms with Crippen LogP contribution >= 0.6 is 0 Å². The number of nitrogens with one attached hydrogen (secondary N) is 2. The van der Waals surface area contributed by atoms with Crippen LogP contribution < -0.4 is 10.0 Å². The van der Waals surface area contributed by atoms with Crippen LogP contribution in [0.5, 0.6) is 0 Å². The molecule has 28 heavy (non-hydrogen) atoms. The first-order valence-electron chi connectivity index (χ1n) is 10.5. The van der Waals surface area contributed by atoms with Gasteiger partial charge in [-0.1, -0.05) is 0 Å². The number of fused-ring (bicyclic) bond motifs is 1. The molecule has 3 atom stereocenters. The SMILES string of the molecule is CC1(NS(=O)(=O)C2CCC3C(C2)NC(=O)C(=O)N3CC2CCC(F)CC2)CC1. The maximum absolute atomic E-state index is 13.4. The maximum Gasteiger partial charge on any atom is 0.312 e. The van der Waals surface area contributed by atoms with Gasteiger partial charge in [-0.3, -0.25) is 9.59 Å². The first-order chi connectivity index (χ1) is 13.2. The van der Waals surface area contributed by atoms with Gasteiger partial charge in [0.25, 0.3) is 0 Å². The lowest BCUT2D eigenvalue weighted by Crippen LogP contribution is -2.66. The topological polar surface area (TPSA) is 95.6 Å². The number of alkyl halides is 1. The fourth-order valence-corrected chi connectivity index (χ4v) is 6.92. The predicted octanol–water partition coefficient (Wildman–Crippen LogP) is 1.23. The second-order valence-electron chi connectivity index (χ2n) is 9.37. The van der Waals surface area contributed by atoms with Crippen molar-refractivity contribution < 1.29 is 22.4 Å². The Kier molecular flexibility index (Phi) is 5.18. The van der Waals surface area contributed by atoms with Gasteiger partial charge in [-0.25, -0.2) is 17.5 Å². The van der Waals surface area contributed by atoms with Crippen LogP contribution in [0.4, 0.5) is 4.39 Å². The second kappa shape index (κ2) is 7.23. The molecule has 3 saturated carbocycles. The van der Waals surface area contributed by atoms with Crippen molar-refractivity contribution in [2.45, 2.75) is 93.8 Å². The lowest BCUT2D eigenvalue weighted by atomic mass is 9.84. The Labute approximate surface area is 165 Å². The zero-order chi connectivity index (χ0) is 20.1. The van der Waals surface area contributed by atoms with Crippen LogP contribution in [-0.2, 0) is 19.6 Å². The standard InChI is InChI=1S/C19H30FN3O4S/c1-19(8-9-19)22-28(26,27)14-6-7-16-15(10-14)21-17(24)18(25)23(16)11-12-2-4-13(20)5-3-12/h12-16,22H,2-11H2,1H3,(H,21,24). The quantitative estimate of drug-likeness (QED) is 0.661. The van der Waals surface area contributed by atoms with E-state index in [-0.39, 0.29) is 23.5 Å². The molecule has 4 aliphatic rings. The smallest absolute Gasteiger partial charge is 0.312 e. The highest BCUT2D eigenvalue weighted by Crippen LogP contribution is 2.38. The van der Waals surface area contributed by atoms with Gasteiger partial charge in [0.05, 0.1) is 17.3 Å². The molecule has 3 aliphatic carbocycles. The molecule has 2 amide bonds. The number of halogens is 1. The van der Waals surface area contributed by atoms with Gasteiger partial charge in [-0.2, -0.15) is 0 Å². The first-order valence-corrected chi connectivity index (χ1v) is 12.0. The van der Waals surface area contributed by atoms with Crippen molar-refractivity contribution in [3.8, 4) is 0 Å². The summed E-state index contributed by atoms with van der Waals surface area (Å²) in [7, 11) is -3.46. The summed E-state index contributed by atoms with van der Waals surface area (Å²) >= 11 is 0. The number of hydrogen-bond acceptors (Lipinski definition) is 4. The Morgan fingerprint density at radius 3 is 2.46 bits per heavy atom. The van der Waals surface area contributed by atoms with Crippen LogP contribution in [0, 0.1) is 5.92 Å². The van der Waals surface area contributed by atoms with Crippen molar-refractivity contribution in [2.24, 2.45) is 5.92 Å². The molecule has 1 heterocycles. The highest BCUT2D eigenvalue weighted by atomic mass is 32.2. The first kappa shape index (κ1) is 20.1. The van der Waals surface area contributed by atoms with Gasteiger partial charge < -0.3 is 10.2 Å². The van der Waals surface area contributed by atoms with E-state index in [0.29, 0.717) is 38.6 Å².